The zero-order valence-corrected chi connectivity index (χ0v) is 15.4. The number of carbonyl (C=O) groups excluding carboxylic acids is 2. The van der Waals surface area contributed by atoms with Gasteiger partial charge < -0.3 is 10.2 Å². The third-order valence-corrected chi connectivity index (χ3v) is 5.13. The van der Waals surface area contributed by atoms with Gasteiger partial charge in [0.05, 0.1) is 0 Å². The Kier molecular flexibility index (Phi) is 4.63. The Labute approximate surface area is 158 Å². The highest BCUT2D eigenvalue weighted by Crippen LogP contribution is 2.31. The van der Waals surface area contributed by atoms with Gasteiger partial charge in [-0.15, -0.1) is 0 Å². The fraction of sp³-hybridized carbons (Fsp3) is 0.217. The molecule has 0 saturated carbocycles. The molecule has 1 aliphatic heterocycles. The summed E-state index contributed by atoms with van der Waals surface area (Å²) in [5, 5.41) is 5.01. The molecular weight excluding hydrogens is 336 g/mol. The highest BCUT2D eigenvalue weighted by molar-refractivity contribution is 5.99. The summed E-state index contributed by atoms with van der Waals surface area (Å²) in [5.74, 6) is -0.0894. The van der Waals surface area contributed by atoms with Crippen molar-refractivity contribution in [2.75, 3.05) is 18.0 Å². The minimum Gasteiger partial charge on any atom is -0.352 e. The molecule has 0 bridgehead atoms. The van der Waals surface area contributed by atoms with Crippen LogP contribution in [0.5, 0.6) is 0 Å². The first-order valence-corrected chi connectivity index (χ1v) is 9.29. The van der Waals surface area contributed by atoms with E-state index >= 15 is 0 Å². The average Bonchev–Trinajstić information content (AvgIpc) is 3.13. The first kappa shape index (κ1) is 17.3. The Morgan fingerprint density at radius 3 is 2.67 bits per heavy atom. The molecule has 4 rings (SSSR count). The number of hydrogen-bond acceptors (Lipinski definition) is 2. The first-order valence-electron chi connectivity index (χ1n) is 9.29. The molecule has 0 radical (unpaired) electrons. The summed E-state index contributed by atoms with van der Waals surface area (Å²) in [6.45, 7) is 3.09. The molecule has 27 heavy (non-hydrogen) atoms. The van der Waals surface area contributed by atoms with Gasteiger partial charge in [0.15, 0.2) is 0 Å². The van der Waals surface area contributed by atoms with Crippen molar-refractivity contribution in [1.82, 2.24) is 5.32 Å². The van der Waals surface area contributed by atoms with Gasteiger partial charge >= 0.3 is 0 Å². The molecule has 4 nitrogen and oxygen atoms in total. The minimum atomic E-state index is -0.147. The molecule has 0 fully saturated rings. The molecular formula is C23H22N2O2. The van der Waals surface area contributed by atoms with Crippen LogP contribution < -0.4 is 10.2 Å². The molecule has 1 aliphatic rings. The van der Waals surface area contributed by atoms with E-state index in [0.29, 0.717) is 18.5 Å². The number of nitrogens with zero attached hydrogens (tertiary/aromatic N) is 1. The number of benzene rings is 3. The van der Waals surface area contributed by atoms with Crippen LogP contribution in [0.15, 0.2) is 60.7 Å². The predicted molar refractivity (Wildman–Crippen MR) is 108 cm³/mol. The number of para-hydroxylation sites is 1. The summed E-state index contributed by atoms with van der Waals surface area (Å²) in [6.07, 6.45) is 1.19. The van der Waals surface area contributed by atoms with E-state index in [4.69, 9.17) is 0 Å². The van der Waals surface area contributed by atoms with Gasteiger partial charge in [0, 0.05) is 30.8 Å². The van der Waals surface area contributed by atoms with E-state index < -0.39 is 0 Å². The SMILES string of the molecule is Cc1cccc2c1N(C(=O)CCNC(=O)c1ccc3ccccc3c1)CC2. The van der Waals surface area contributed by atoms with E-state index in [1.165, 1.54) is 5.56 Å². The van der Waals surface area contributed by atoms with Crippen LogP contribution in [0, 0.1) is 6.92 Å². The number of carbonyl (C=O) groups is 2. The number of fused-ring (bicyclic) bond motifs is 2. The van der Waals surface area contributed by atoms with Crippen LogP contribution in [0.4, 0.5) is 5.69 Å². The lowest BCUT2D eigenvalue weighted by Crippen LogP contribution is -2.33. The van der Waals surface area contributed by atoms with Gasteiger partial charge in [-0.1, -0.05) is 48.5 Å². The summed E-state index contributed by atoms with van der Waals surface area (Å²) in [4.78, 5) is 26.9. The van der Waals surface area contributed by atoms with E-state index in [1.54, 1.807) is 0 Å². The van der Waals surface area contributed by atoms with Crippen molar-refractivity contribution in [1.29, 1.82) is 0 Å². The molecule has 136 valence electrons. The number of aryl methyl sites for hydroxylation is 1. The van der Waals surface area contributed by atoms with Gasteiger partial charge in [-0.05, 0) is 47.4 Å². The third-order valence-electron chi connectivity index (χ3n) is 5.13. The summed E-state index contributed by atoms with van der Waals surface area (Å²) in [5.41, 5.74) is 4.01. The standard InChI is InChI=1S/C23H22N2O2/c1-16-5-4-8-18-12-14-25(22(16)18)21(26)11-13-24-23(27)20-10-9-17-6-2-3-7-19(17)15-20/h2-10,15H,11-14H2,1H3,(H,24,27). The molecule has 4 heteroatoms. The van der Waals surface area contributed by atoms with Crippen LogP contribution in [-0.2, 0) is 11.2 Å². The van der Waals surface area contributed by atoms with Gasteiger partial charge in [0.1, 0.15) is 0 Å². The Hall–Kier alpha value is -3.14. The van der Waals surface area contributed by atoms with Crippen molar-refractivity contribution in [3.63, 3.8) is 0 Å². The first-order chi connectivity index (χ1) is 13.1. The molecule has 1 N–H and O–H groups in total. The number of amides is 2. The quantitative estimate of drug-likeness (QED) is 0.770. The van der Waals surface area contributed by atoms with Crippen molar-refractivity contribution in [3.05, 3.63) is 77.4 Å². The van der Waals surface area contributed by atoms with E-state index in [9.17, 15) is 9.59 Å². The second-order valence-corrected chi connectivity index (χ2v) is 6.95. The van der Waals surface area contributed by atoms with Crippen molar-refractivity contribution < 1.29 is 9.59 Å². The normalized spacial score (nSPS) is 12.9. The monoisotopic (exact) mass is 358 g/mol. The number of anilines is 1. The summed E-state index contributed by atoms with van der Waals surface area (Å²) >= 11 is 0. The van der Waals surface area contributed by atoms with E-state index in [1.807, 2.05) is 66.4 Å². The maximum Gasteiger partial charge on any atom is 0.251 e. The topological polar surface area (TPSA) is 49.4 Å². The van der Waals surface area contributed by atoms with Crippen LogP contribution in [-0.4, -0.2) is 24.9 Å². The molecule has 0 spiro atoms. The van der Waals surface area contributed by atoms with Crippen molar-refractivity contribution in [3.8, 4) is 0 Å². The third kappa shape index (κ3) is 3.43. The number of nitrogens with one attached hydrogen (secondary N) is 1. The predicted octanol–water partition coefficient (Wildman–Crippen LogP) is 3.86. The molecule has 3 aromatic rings. The highest BCUT2D eigenvalue weighted by Gasteiger charge is 2.25. The van der Waals surface area contributed by atoms with E-state index in [2.05, 4.69) is 11.4 Å². The molecule has 2 amide bonds. The lowest BCUT2D eigenvalue weighted by molar-refractivity contribution is -0.118. The molecule has 0 saturated heterocycles. The van der Waals surface area contributed by atoms with Crippen molar-refractivity contribution >= 4 is 28.3 Å². The smallest absolute Gasteiger partial charge is 0.251 e. The Balaban J connectivity index is 1.37. The van der Waals surface area contributed by atoms with Crippen LogP contribution in [0.3, 0.4) is 0 Å². The van der Waals surface area contributed by atoms with Crippen LogP contribution >= 0.6 is 0 Å². The van der Waals surface area contributed by atoms with Crippen LogP contribution in [0.2, 0.25) is 0 Å². The van der Waals surface area contributed by atoms with E-state index in [-0.39, 0.29) is 11.8 Å². The molecule has 0 aromatic heterocycles. The molecule has 0 unspecified atom stereocenters. The number of rotatable bonds is 4. The molecule has 0 atom stereocenters. The fourth-order valence-electron chi connectivity index (χ4n) is 3.75. The van der Waals surface area contributed by atoms with Crippen molar-refractivity contribution in [2.45, 2.75) is 19.8 Å². The zero-order valence-electron chi connectivity index (χ0n) is 15.4. The summed E-state index contributed by atoms with van der Waals surface area (Å²) in [6, 6.07) is 19.7. The van der Waals surface area contributed by atoms with Gasteiger partial charge in [-0.3, -0.25) is 9.59 Å². The second-order valence-electron chi connectivity index (χ2n) is 6.95. The molecule has 1 heterocycles. The maximum atomic E-state index is 12.6. The van der Waals surface area contributed by atoms with Gasteiger partial charge in [0.25, 0.3) is 5.91 Å². The lowest BCUT2D eigenvalue weighted by atomic mass is 10.1. The fourth-order valence-corrected chi connectivity index (χ4v) is 3.75. The minimum absolute atomic E-state index is 0.0573. The Morgan fingerprint density at radius 2 is 1.81 bits per heavy atom. The van der Waals surface area contributed by atoms with Gasteiger partial charge in [-0.2, -0.15) is 0 Å². The Morgan fingerprint density at radius 1 is 1.00 bits per heavy atom. The summed E-state index contributed by atoms with van der Waals surface area (Å²) in [7, 11) is 0. The summed E-state index contributed by atoms with van der Waals surface area (Å²) < 4.78 is 0. The van der Waals surface area contributed by atoms with Crippen molar-refractivity contribution in [2.24, 2.45) is 0 Å². The highest BCUT2D eigenvalue weighted by atomic mass is 16.2. The van der Waals surface area contributed by atoms with Crippen LogP contribution in [0.25, 0.3) is 10.8 Å². The Bertz CT molecular complexity index is 1030. The maximum absolute atomic E-state index is 12.6. The van der Waals surface area contributed by atoms with Gasteiger partial charge in [-0.25, -0.2) is 0 Å². The zero-order chi connectivity index (χ0) is 18.8. The van der Waals surface area contributed by atoms with E-state index in [0.717, 1.165) is 35.0 Å². The number of hydrogen-bond donors (Lipinski definition) is 1. The average molecular weight is 358 g/mol. The second kappa shape index (κ2) is 7.23. The molecule has 3 aromatic carbocycles. The molecule has 0 aliphatic carbocycles. The lowest BCUT2D eigenvalue weighted by Gasteiger charge is -2.19. The largest absolute Gasteiger partial charge is 0.352 e. The van der Waals surface area contributed by atoms with Gasteiger partial charge in [0.2, 0.25) is 5.91 Å². The van der Waals surface area contributed by atoms with Crippen LogP contribution in [0.1, 0.15) is 27.9 Å².